The summed E-state index contributed by atoms with van der Waals surface area (Å²) < 4.78 is 0. The first-order valence-corrected chi connectivity index (χ1v) is 4.84. The van der Waals surface area contributed by atoms with Gasteiger partial charge < -0.3 is 15.3 Å². The molecule has 1 rings (SSSR count). The van der Waals surface area contributed by atoms with Crippen molar-refractivity contribution in [2.45, 2.75) is 25.8 Å². The van der Waals surface area contributed by atoms with E-state index in [2.05, 4.69) is 5.32 Å². The van der Waals surface area contributed by atoms with Gasteiger partial charge in [-0.2, -0.15) is 0 Å². The third-order valence-electron chi connectivity index (χ3n) is 2.40. The Kier molecular flexibility index (Phi) is 4.18. The number of aliphatic hydroxyl groups is 1. The van der Waals surface area contributed by atoms with Crippen LogP contribution in [0.2, 0.25) is 0 Å². The fraction of sp³-hybridized carbons (Fsp3) is 0.889. The molecule has 2 N–H and O–H groups in total. The van der Waals surface area contributed by atoms with Crippen LogP contribution in [0.3, 0.4) is 0 Å². The summed E-state index contributed by atoms with van der Waals surface area (Å²) in [5.74, 6) is 0.159. The predicted octanol–water partition coefficient (Wildman–Crippen LogP) is -0.421. The van der Waals surface area contributed by atoms with Gasteiger partial charge >= 0.3 is 0 Å². The molecule has 1 aliphatic heterocycles. The molecule has 1 atom stereocenters. The Bertz CT molecular complexity index is 173. The minimum absolute atomic E-state index is 0.159. The van der Waals surface area contributed by atoms with E-state index in [-0.39, 0.29) is 12.5 Å². The second-order valence-electron chi connectivity index (χ2n) is 3.48. The summed E-state index contributed by atoms with van der Waals surface area (Å²) in [6.07, 6.45) is 1.82. The lowest BCUT2D eigenvalue weighted by Crippen LogP contribution is -2.34. The van der Waals surface area contributed by atoms with Gasteiger partial charge in [0, 0.05) is 32.7 Å². The van der Waals surface area contributed by atoms with E-state index in [1.807, 2.05) is 4.90 Å². The Morgan fingerprint density at radius 2 is 2.46 bits per heavy atom. The molecule has 4 heteroatoms. The number of rotatable bonds is 4. The van der Waals surface area contributed by atoms with Gasteiger partial charge in [-0.15, -0.1) is 0 Å². The largest absolute Gasteiger partial charge is 0.396 e. The molecule has 0 bridgehead atoms. The molecule has 4 nitrogen and oxygen atoms in total. The first-order valence-electron chi connectivity index (χ1n) is 4.84. The van der Waals surface area contributed by atoms with Gasteiger partial charge in [-0.3, -0.25) is 4.79 Å². The second kappa shape index (κ2) is 5.19. The van der Waals surface area contributed by atoms with Crippen LogP contribution < -0.4 is 5.32 Å². The molecule has 0 aromatic heterocycles. The maximum Gasteiger partial charge on any atom is 0.219 e. The van der Waals surface area contributed by atoms with E-state index in [9.17, 15) is 4.79 Å². The average molecular weight is 186 g/mol. The van der Waals surface area contributed by atoms with Crippen molar-refractivity contribution in [1.82, 2.24) is 10.2 Å². The number of nitrogens with one attached hydrogen (secondary N) is 1. The summed E-state index contributed by atoms with van der Waals surface area (Å²) in [7, 11) is 0. The van der Waals surface area contributed by atoms with Crippen molar-refractivity contribution in [1.29, 1.82) is 0 Å². The molecule has 0 unspecified atom stereocenters. The van der Waals surface area contributed by atoms with Crippen molar-refractivity contribution in [2.24, 2.45) is 0 Å². The van der Waals surface area contributed by atoms with Crippen molar-refractivity contribution in [2.75, 3.05) is 26.2 Å². The van der Waals surface area contributed by atoms with E-state index >= 15 is 0 Å². The minimum Gasteiger partial charge on any atom is -0.396 e. The Hall–Kier alpha value is -0.610. The standard InChI is InChI=1S/C9H18N2O2/c1-8(13)11-5-3-9(7-11)10-4-2-6-12/h9-10,12H,2-7H2,1H3/t9-/m0/s1. The highest BCUT2D eigenvalue weighted by atomic mass is 16.3. The molecule has 0 aromatic rings. The summed E-state index contributed by atoms with van der Waals surface area (Å²) in [5.41, 5.74) is 0. The summed E-state index contributed by atoms with van der Waals surface area (Å²) in [6, 6.07) is 0.426. The first kappa shape index (κ1) is 10.5. The molecule has 1 fully saturated rings. The van der Waals surface area contributed by atoms with Gasteiger partial charge in [-0.1, -0.05) is 0 Å². The number of amides is 1. The highest BCUT2D eigenvalue weighted by molar-refractivity contribution is 5.73. The highest BCUT2D eigenvalue weighted by Gasteiger charge is 2.22. The summed E-state index contributed by atoms with van der Waals surface area (Å²) in [6.45, 7) is 4.37. The van der Waals surface area contributed by atoms with Crippen LogP contribution in [0.4, 0.5) is 0 Å². The van der Waals surface area contributed by atoms with Crippen LogP contribution in [-0.4, -0.2) is 48.2 Å². The van der Waals surface area contributed by atoms with Crippen molar-refractivity contribution in [3.05, 3.63) is 0 Å². The number of aliphatic hydroxyl groups excluding tert-OH is 1. The molecule has 0 radical (unpaired) electrons. The zero-order valence-electron chi connectivity index (χ0n) is 8.12. The number of likely N-dealkylation sites (tertiary alicyclic amines) is 1. The van der Waals surface area contributed by atoms with Crippen LogP contribution in [0.15, 0.2) is 0 Å². The molecule has 1 heterocycles. The third-order valence-corrected chi connectivity index (χ3v) is 2.40. The van der Waals surface area contributed by atoms with Gasteiger partial charge in [0.05, 0.1) is 0 Å². The molecular formula is C9H18N2O2. The second-order valence-corrected chi connectivity index (χ2v) is 3.48. The fourth-order valence-corrected chi connectivity index (χ4v) is 1.60. The Labute approximate surface area is 78.9 Å². The van der Waals surface area contributed by atoms with Gasteiger partial charge in [0.15, 0.2) is 0 Å². The molecule has 0 saturated carbocycles. The number of carbonyl (C=O) groups is 1. The van der Waals surface area contributed by atoms with Crippen LogP contribution in [0, 0.1) is 0 Å². The van der Waals surface area contributed by atoms with E-state index in [0.717, 1.165) is 32.5 Å². The van der Waals surface area contributed by atoms with Crippen molar-refractivity contribution in [3.8, 4) is 0 Å². The first-order chi connectivity index (χ1) is 6.24. The molecule has 76 valence electrons. The smallest absolute Gasteiger partial charge is 0.219 e. The SMILES string of the molecule is CC(=O)N1CC[C@H](NCCCO)C1. The quantitative estimate of drug-likeness (QED) is 0.586. The van der Waals surface area contributed by atoms with Crippen molar-refractivity contribution in [3.63, 3.8) is 0 Å². The topological polar surface area (TPSA) is 52.6 Å². The molecule has 0 aromatic carbocycles. The average Bonchev–Trinajstić information content (AvgIpc) is 2.53. The normalized spacial score (nSPS) is 22.3. The fourth-order valence-electron chi connectivity index (χ4n) is 1.60. The lowest BCUT2D eigenvalue weighted by Gasteiger charge is -2.14. The van der Waals surface area contributed by atoms with Crippen molar-refractivity contribution >= 4 is 5.91 Å². The number of carbonyl (C=O) groups excluding carboxylic acids is 1. The Morgan fingerprint density at radius 1 is 1.69 bits per heavy atom. The molecule has 0 aliphatic carbocycles. The van der Waals surface area contributed by atoms with Gasteiger partial charge in [0.25, 0.3) is 0 Å². The molecule has 0 spiro atoms. The zero-order chi connectivity index (χ0) is 9.68. The maximum atomic E-state index is 11.0. The van der Waals surface area contributed by atoms with Crippen LogP contribution in [0.5, 0.6) is 0 Å². The van der Waals surface area contributed by atoms with Crippen LogP contribution >= 0.6 is 0 Å². The van der Waals surface area contributed by atoms with Crippen LogP contribution in [0.25, 0.3) is 0 Å². The molecule has 13 heavy (non-hydrogen) atoms. The predicted molar refractivity (Wildman–Crippen MR) is 50.4 cm³/mol. The van der Waals surface area contributed by atoms with Gasteiger partial charge in [0.1, 0.15) is 0 Å². The van der Waals surface area contributed by atoms with E-state index in [1.54, 1.807) is 6.92 Å². The third kappa shape index (κ3) is 3.32. The lowest BCUT2D eigenvalue weighted by molar-refractivity contribution is -0.127. The number of nitrogens with zero attached hydrogens (tertiary/aromatic N) is 1. The van der Waals surface area contributed by atoms with Gasteiger partial charge in [0.2, 0.25) is 5.91 Å². The lowest BCUT2D eigenvalue weighted by atomic mass is 10.2. The van der Waals surface area contributed by atoms with E-state index < -0.39 is 0 Å². The van der Waals surface area contributed by atoms with Crippen molar-refractivity contribution < 1.29 is 9.90 Å². The number of hydrogen-bond acceptors (Lipinski definition) is 3. The maximum absolute atomic E-state index is 11.0. The Balaban J connectivity index is 2.14. The van der Waals surface area contributed by atoms with Crippen LogP contribution in [0.1, 0.15) is 19.8 Å². The Morgan fingerprint density at radius 3 is 3.00 bits per heavy atom. The molecule has 1 saturated heterocycles. The minimum atomic E-state index is 0.159. The van der Waals surface area contributed by atoms with E-state index in [1.165, 1.54) is 0 Å². The molecule has 1 aliphatic rings. The molecular weight excluding hydrogens is 168 g/mol. The monoisotopic (exact) mass is 186 g/mol. The number of hydrogen-bond donors (Lipinski definition) is 2. The van der Waals surface area contributed by atoms with Crippen LogP contribution in [-0.2, 0) is 4.79 Å². The van der Waals surface area contributed by atoms with Gasteiger partial charge in [-0.05, 0) is 19.4 Å². The highest BCUT2D eigenvalue weighted by Crippen LogP contribution is 2.08. The van der Waals surface area contributed by atoms with E-state index in [0.29, 0.717) is 6.04 Å². The zero-order valence-corrected chi connectivity index (χ0v) is 8.12. The summed E-state index contributed by atoms with van der Waals surface area (Å²) in [5, 5.41) is 11.9. The van der Waals surface area contributed by atoms with E-state index in [4.69, 9.17) is 5.11 Å². The summed E-state index contributed by atoms with van der Waals surface area (Å²) >= 11 is 0. The molecule has 1 amide bonds. The summed E-state index contributed by atoms with van der Waals surface area (Å²) in [4.78, 5) is 12.8. The van der Waals surface area contributed by atoms with Gasteiger partial charge in [-0.25, -0.2) is 0 Å².